The van der Waals surface area contributed by atoms with E-state index in [-0.39, 0.29) is 31.3 Å². The molecule has 0 fully saturated rings. The number of aromatic amines is 1. The molecule has 0 bridgehead atoms. The van der Waals surface area contributed by atoms with Crippen molar-refractivity contribution in [1.29, 1.82) is 0 Å². The van der Waals surface area contributed by atoms with E-state index in [0.717, 1.165) is 0 Å². The maximum atomic E-state index is 13.1. The number of aromatic nitrogens is 2. The molecule has 0 saturated carbocycles. The zero-order chi connectivity index (χ0) is 28.1. The number of aliphatic hydroxyl groups excluding tert-OH is 1. The summed E-state index contributed by atoms with van der Waals surface area (Å²) in [6.07, 6.45) is 2.35. The zero-order valence-corrected chi connectivity index (χ0v) is 21.3. The second-order valence-electron chi connectivity index (χ2n) is 8.83. The number of nitrogens with one attached hydrogen (secondary N) is 4. The Bertz CT molecular complexity index is 918. The van der Waals surface area contributed by atoms with Crippen molar-refractivity contribution in [2.45, 2.75) is 76.7 Å². The highest BCUT2D eigenvalue weighted by atomic mass is 16.4. The topological polar surface area (TPSA) is 264 Å². The van der Waals surface area contributed by atoms with Gasteiger partial charge >= 0.3 is 5.97 Å². The summed E-state index contributed by atoms with van der Waals surface area (Å²) in [5.41, 5.74) is 17.1. The number of H-pyrrole nitrogens is 1. The fourth-order valence-corrected chi connectivity index (χ4v) is 3.29. The number of carboxylic acid groups (broad SMARTS) is 1. The van der Waals surface area contributed by atoms with E-state index in [0.29, 0.717) is 18.5 Å². The highest BCUT2D eigenvalue weighted by molar-refractivity contribution is 5.94. The number of nitrogens with zero attached hydrogens (tertiary/aromatic N) is 2. The first-order valence-electron chi connectivity index (χ1n) is 12.0. The van der Waals surface area contributed by atoms with Crippen molar-refractivity contribution in [2.24, 2.45) is 28.1 Å². The predicted octanol–water partition coefficient (Wildman–Crippen LogP) is -2.70. The molecule has 15 heteroatoms. The molecule has 6 unspecified atom stereocenters. The average molecular weight is 526 g/mol. The van der Waals surface area contributed by atoms with Gasteiger partial charge in [-0.15, -0.1) is 0 Å². The Balaban J connectivity index is 2.99. The number of imidazole rings is 1. The van der Waals surface area contributed by atoms with Crippen molar-refractivity contribution in [3.63, 3.8) is 0 Å². The van der Waals surface area contributed by atoms with Gasteiger partial charge in [-0.1, -0.05) is 20.3 Å². The molecule has 0 spiro atoms. The first-order valence-corrected chi connectivity index (χ1v) is 12.0. The first kappa shape index (κ1) is 31.3. The second-order valence-corrected chi connectivity index (χ2v) is 8.83. The summed E-state index contributed by atoms with van der Waals surface area (Å²) in [6, 6.07) is -4.84. The summed E-state index contributed by atoms with van der Waals surface area (Å²) in [6.45, 7) is 5.13. The third-order valence-electron chi connectivity index (χ3n) is 5.79. The van der Waals surface area contributed by atoms with Crippen LogP contribution >= 0.6 is 0 Å². The van der Waals surface area contributed by atoms with Crippen LogP contribution in [0.15, 0.2) is 17.5 Å². The van der Waals surface area contributed by atoms with Crippen LogP contribution in [0.25, 0.3) is 0 Å². The van der Waals surface area contributed by atoms with Crippen LogP contribution in [0.4, 0.5) is 0 Å². The van der Waals surface area contributed by atoms with Crippen LogP contribution in [0.1, 0.15) is 45.7 Å². The van der Waals surface area contributed by atoms with Crippen molar-refractivity contribution in [1.82, 2.24) is 25.9 Å². The average Bonchev–Trinajstić information content (AvgIpc) is 3.35. The standard InChI is InChI=1S/C22H39N9O6/c1-4-11(2)16(23)19(34)29-14(6-5-7-27-22(24)25)18(33)31-17(12(3)32)20(35)30-15(21(36)37)8-13-9-26-10-28-13/h9-12,14-17,32H,4-8,23H2,1-3H3,(H,26,28)(H,29,34)(H,30,35)(H,31,33)(H,36,37)(H4,24,25,27). The Morgan fingerprint density at radius 2 is 1.73 bits per heavy atom. The fraction of sp³-hybridized carbons (Fsp3) is 0.636. The van der Waals surface area contributed by atoms with Crippen molar-refractivity contribution < 1.29 is 29.4 Å². The highest BCUT2D eigenvalue weighted by Crippen LogP contribution is 2.08. The maximum Gasteiger partial charge on any atom is 0.326 e. The number of aliphatic carboxylic acids is 1. The van der Waals surface area contributed by atoms with E-state index >= 15 is 0 Å². The number of amides is 3. The molecule has 1 rings (SSSR count). The fourth-order valence-electron chi connectivity index (χ4n) is 3.29. The van der Waals surface area contributed by atoms with E-state index in [1.165, 1.54) is 19.4 Å². The molecule has 12 N–H and O–H groups in total. The van der Waals surface area contributed by atoms with Crippen LogP contribution in [-0.2, 0) is 25.6 Å². The predicted molar refractivity (Wildman–Crippen MR) is 135 cm³/mol. The Morgan fingerprint density at radius 3 is 2.24 bits per heavy atom. The van der Waals surface area contributed by atoms with Gasteiger partial charge in [0.25, 0.3) is 0 Å². The number of guanidine groups is 1. The summed E-state index contributed by atoms with van der Waals surface area (Å²) in [5.74, 6) is -3.84. The van der Waals surface area contributed by atoms with Crippen LogP contribution in [0, 0.1) is 5.92 Å². The lowest BCUT2D eigenvalue weighted by Gasteiger charge is -2.27. The van der Waals surface area contributed by atoms with Gasteiger partial charge in [-0.3, -0.25) is 19.4 Å². The molecular formula is C22H39N9O6. The SMILES string of the molecule is CCC(C)C(N)C(=O)NC(CCCN=C(N)N)C(=O)NC(C(=O)NC(Cc1cnc[nH]1)C(=O)O)C(C)O. The third-order valence-corrected chi connectivity index (χ3v) is 5.79. The molecule has 15 nitrogen and oxygen atoms in total. The van der Waals surface area contributed by atoms with Gasteiger partial charge in [0.2, 0.25) is 17.7 Å². The molecule has 0 aromatic carbocycles. The van der Waals surface area contributed by atoms with E-state index in [9.17, 15) is 29.4 Å². The highest BCUT2D eigenvalue weighted by Gasteiger charge is 2.33. The van der Waals surface area contributed by atoms with Gasteiger partial charge in [-0.05, 0) is 25.7 Å². The van der Waals surface area contributed by atoms with E-state index < -0.39 is 54.0 Å². The lowest BCUT2D eigenvalue weighted by Crippen LogP contribution is -2.60. The van der Waals surface area contributed by atoms with Crippen molar-refractivity contribution in [3.8, 4) is 0 Å². The lowest BCUT2D eigenvalue weighted by molar-refractivity contribution is -0.143. The molecule has 1 heterocycles. The zero-order valence-electron chi connectivity index (χ0n) is 21.3. The number of hydrogen-bond donors (Lipinski definition) is 9. The van der Waals surface area contributed by atoms with Gasteiger partial charge in [-0.2, -0.15) is 0 Å². The molecule has 6 atom stereocenters. The Kier molecular flexibility index (Phi) is 13.0. The van der Waals surface area contributed by atoms with E-state index in [2.05, 4.69) is 30.9 Å². The summed E-state index contributed by atoms with van der Waals surface area (Å²) in [7, 11) is 0. The molecule has 0 aliphatic heterocycles. The minimum atomic E-state index is -1.50. The lowest BCUT2D eigenvalue weighted by atomic mass is 9.98. The van der Waals surface area contributed by atoms with E-state index in [1.54, 1.807) is 6.92 Å². The minimum absolute atomic E-state index is 0.0987. The normalized spacial score (nSPS) is 15.8. The molecule has 3 amide bonds. The smallest absolute Gasteiger partial charge is 0.326 e. The largest absolute Gasteiger partial charge is 0.480 e. The molecule has 37 heavy (non-hydrogen) atoms. The van der Waals surface area contributed by atoms with Crippen molar-refractivity contribution >= 4 is 29.7 Å². The van der Waals surface area contributed by atoms with Gasteiger partial charge < -0.3 is 48.3 Å². The monoisotopic (exact) mass is 525 g/mol. The van der Waals surface area contributed by atoms with Crippen molar-refractivity contribution in [2.75, 3.05) is 6.54 Å². The number of rotatable bonds is 16. The molecule has 0 aliphatic carbocycles. The molecule has 0 aliphatic rings. The van der Waals surface area contributed by atoms with E-state index in [1.807, 2.05) is 6.92 Å². The number of aliphatic imine (C=N–C) groups is 1. The van der Waals surface area contributed by atoms with Gasteiger partial charge in [0.15, 0.2) is 5.96 Å². The second kappa shape index (κ2) is 15.4. The number of carbonyl (C=O) groups excluding carboxylic acids is 3. The van der Waals surface area contributed by atoms with Crippen LogP contribution in [-0.4, -0.2) is 86.6 Å². The van der Waals surface area contributed by atoms with Gasteiger partial charge in [0.05, 0.1) is 18.5 Å². The third kappa shape index (κ3) is 10.8. The van der Waals surface area contributed by atoms with Crippen molar-refractivity contribution in [3.05, 3.63) is 18.2 Å². The molecular weight excluding hydrogens is 486 g/mol. The minimum Gasteiger partial charge on any atom is -0.480 e. The maximum absolute atomic E-state index is 13.1. The number of carboxylic acids is 1. The van der Waals surface area contributed by atoms with Gasteiger partial charge in [0.1, 0.15) is 18.1 Å². The van der Waals surface area contributed by atoms with Gasteiger partial charge in [0, 0.05) is 24.9 Å². The Labute approximate surface area is 215 Å². The van der Waals surface area contributed by atoms with Gasteiger partial charge in [-0.25, -0.2) is 9.78 Å². The first-order chi connectivity index (χ1) is 17.4. The number of nitrogens with two attached hydrogens (primary N) is 3. The molecule has 0 saturated heterocycles. The molecule has 208 valence electrons. The summed E-state index contributed by atoms with van der Waals surface area (Å²) in [5, 5.41) is 27.0. The van der Waals surface area contributed by atoms with Crippen LogP contribution in [0.3, 0.4) is 0 Å². The summed E-state index contributed by atoms with van der Waals surface area (Å²) < 4.78 is 0. The summed E-state index contributed by atoms with van der Waals surface area (Å²) >= 11 is 0. The Morgan fingerprint density at radius 1 is 1.08 bits per heavy atom. The quantitative estimate of drug-likeness (QED) is 0.0612. The number of aliphatic hydroxyl groups is 1. The summed E-state index contributed by atoms with van der Waals surface area (Å²) in [4.78, 5) is 60.6. The molecule has 1 aromatic rings. The van der Waals surface area contributed by atoms with E-state index in [4.69, 9.17) is 17.2 Å². The molecule has 0 radical (unpaired) electrons. The number of carbonyl (C=O) groups is 4. The van der Waals surface area contributed by atoms with Crippen LogP contribution in [0.2, 0.25) is 0 Å². The molecule has 1 aromatic heterocycles. The number of hydrogen-bond acceptors (Lipinski definition) is 8. The van der Waals surface area contributed by atoms with Crippen LogP contribution < -0.4 is 33.2 Å². The van der Waals surface area contributed by atoms with Crippen LogP contribution in [0.5, 0.6) is 0 Å². The Hall–Kier alpha value is -3.72.